The van der Waals surface area contributed by atoms with Gasteiger partial charge in [0.05, 0.1) is 6.54 Å². The number of likely N-dealkylation sites (N-methyl/N-ethyl adjacent to an activating group) is 1. The number of carbonyl (C=O) groups excluding carboxylic acids is 1. The minimum atomic E-state index is 0. The summed E-state index contributed by atoms with van der Waals surface area (Å²) in [6, 6.07) is 10.1. The maximum Gasteiger partial charge on any atom is 0.241 e. The monoisotopic (exact) mass is 325 g/mol. The van der Waals surface area contributed by atoms with Gasteiger partial charge in [-0.2, -0.15) is 0 Å². The van der Waals surface area contributed by atoms with E-state index in [2.05, 4.69) is 11.8 Å². The van der Waals surface area contributed by atoms with Crippen molar-refractivity contribution >= 4 is 24.0 Å². The number of anilines is 1. The molecule has 1 heterocycles. The number of nitrogens with zero attached hydrogens (tertiary/aromatic N) is 2. The number of amides is 1. The Labute approximate surface area is 140 Å². The van der Waals surface area contributed by atoms with Crippen LogP contribution in [0.4, 0.5) is 5.69 Å². The fraction of sp³-hybridized carbons (Fsp3) is 0.588. The van der Waals surface area contributed by atoms with Crippen molar-refractivity contribution in [1.82, 2.24) is 4.90 Å². The predicted molar refractivity (Wildman–Crippen MR) is 94.5 cm³/mol. The Hall–Kier alpha value is -1.10. The molecule has 2 atom stereocenters. The van der Waals surface area contributed by atoms with Crippen LogP contribution in [-0.4, -0.2) is 43.0 Å². The van der Waals surface area contributed by atoms with E-state index >= 15 is 0 Å². The Morgan fingerprint density at radius 1 is 1.41 bits per heavy atom. The molecule has 2 rings (SSSR count). The Balaban J connectivity index is 0.00000242. The maximum atomic E-state index is 12.6. The fourth-order valence-corrected chi connectivity index (χ4v) is 3.05. The lowest BCUT2D eigenvalue weighted by molar-refractivity contribution is -0.120. The Morgan fingerprint density at radius 2 is 2.09 bits per heavy atom. The van der Waals surface area contributed by atoms with Gasteiger partial charge < -0.3 is 10.6 Å². The average molecular weight is 326 g/mol. The fourth-order valence-electron chi connectivity index (χ4n) is 3.05. The van der Waals surface area contributed by atoms with Crippen LogP contribution in [0.15, 0.2) is 30.3 Å². The van der Waals surface area contributed by atoms with Gasteiger partial charge in [0.25, 0.3) is 0 Å². The minimum Gasteiger partial charge on any atom is -0.328 e. The molecule has 1 aliphatic rings. The molecule has 1 aliphatic heterocycles. The van der Waals surface area contributed by atoms with Crippen LogP contribution in [0.1, 0.15) is 26.7 Å². The van der Waals surface area contributed by atoms with Crippen LogP contribution in [-0.2, 0) is 4.79 Å². The molecular formula is C17H28ClN3O. The van der Waals surface area contributed by atoms with Gasteiger partial charge in [-0.3, -0.25) is 9.69 Å². The highest BCUT2D eigenvalue weighted by atomic mass is 35.5. The van der Waals surface area contributed by atoms with Crippen molar-refractivity contribution in [3.8, 4) is 0 Å². The molecule has 0 aliphatic carbocycles. The number of rotatable bonds is 5. The second kappa shape index (κ2) is 9.13. The topological polar surface area (TPSA) is 49.6 Å². The molecule has 5 heteroatoms. The second-order valence-corrected chi connectivity index (χ2v) is 5.97. The molecule has 124 valence electrons. The highest BCUT2D eigenvalue weighted by Crippen LogP contribution is 2.19. The highest BCUT2D eigenvalue weighted by molar-refractivity contribution is 5.94. The first-order valence-corrected chi connectivity index (χ1v) is 7.95. The number of halogens is 1. The number of nitrogens with two attached hydrogens (primary N) is 1. The predicted octanol–water partition coefficient (Wildman–Crippen LogP) is 2.52. The third-order valence-corrected chi connectivity index (χ3v) is 4.33. The molecule has 0 aromatic heterocycles. The highest BCUT2D eigenvalue weighted by Gasteiger charge is 2.25. The molecule has 22 heavy (non-hydrogen) atoms. The molecule has 1 fully saturated rings. The standard InChI is InChI=1S/C17H27N3O.ClH/c1-3-20(16-9-5-4-6-10-16)17(21)13-19-11-7-8-15(12-19)14(2)18;/h4-6,9-10,14-15H,3,7-8,11-13,18H2,1-2H3;1H. The quantitative estimate of drug-likeness (QED) is 0.905. The van der Waals surface area contributed by atoms with E-state index in [1.165, 1.54) is 6.42 Å². The number of para-hydroxylation sites is 1. The summed E-state index contributed by atoms with van der Waals surface area (Å²) in [6.45, 7) is 7.22. The van der Waals surface area contributed by atoms with Crippen molar-refractivity contribution in [2.24, 2.45) is 11.7 Å². The lowest BCUT2D eigenvalue weighted by Crippen LogP contribution is -2.47. The molecule has 0 radical (unpaired) electrons. The molecule has 1 aromatic carbocycles. The van der Waals surface area contributed by atoms with E-state index < -0.39 is 0 Å². The number of likely N-dealkylation sites (tertiary alicyclic amines) is 1. The van der Waals surface area contributed by atoms with E-state index in [0.29, 0.717) is 19.0 Å². The van der Waals surface area contributed by atoms with Gasteiger partial charge in [-0.05, 0) is 51.3 Å². The second-order valence-electron chi connectivity index (χ2n) is 5.97. The molecular weight excluding hydrogens is 298 g/mol. The van der Waals surface area contributed by atoms with Crippen LogP contribution in [0.5, 0.6) is 0 Å². The molecule has 0 spiro atoms. The first kappa shape index (κ1) is 18.9. The first-order valence-electron chi connectivity index (χ1n) is 7.95. The molecule has 1 saturated heterocycles. The number of benzene rings is 1. The molecule has 4 nitrogen and oxygen atoms in total. The van der Waals surface area contributed by atoms with Gasteiger partial charge in [0.1, 0.15) is 0 Å². The molecule has 0 bridgehead atoms. The van der Waals surface area contributed by atoms with Gasteiger partial charge in [0.2, 0.25) is 5.91 Å². The van der Waals surface area contributed by atoms with E-state index in [0.717, 1.165) is 25.2 Å². The van der Waals surface area contributed by atoms with Gasteiger partial charge >= 0.3 is 0 Å². The van der Waals surface area contributed by atoms with Crippen LogP contribution in [0, 0.1) is 5.92 Å². The lowest BCUT2D eigenvalue weighted by atomic mass is 9.92. The van der Waals surface area contributed by atoms with Crippen LogP contribution < -0.4 is 10.6 Å². The van der Waals surface area contributed by atoms with E-state index in [9.17, 15) is 4.79 Å². The summed E-state index contributed by atoms with van der Waals surface area (Å²) >= 11 is 0. The van der Waals surface area contributed by atoms with Gasteiger partial charge in [0.15, 0.2) is 0 Å². The number of carbonyl (C=O) groups is 1. The van der Waals surface area contributed by atoms with Gasteiger partial charge in [0, 0.05) is 24.8 Å². The average Bonchev–Trinajstić information content (AvgIpc) is 2.49. The van der Waals surface area contributed by atoms with Gasteiger partial charge in [-0.1, -0.05) is 18.2 Å². The zero-order valence-electron chi connectivity index (χ0n) is 13.6. The largest absolute Gasteiger partial charge is 0.328 e. The summed E-state index contributed by atoms with van der Waals surface area (Å²) in [5.41, 5.74) is 6.99. The Morgan fingerprint density at radius 3 is 2.68 bits per heavy atom. The molecule has 1 aromatic rings. The van der Waals surface area contributed by atoms with E-state index in [4.69, 9.17) is 5.73 Å². The Bertz CT molecular complexity index is 452. The normalized spacial score (nSPS) is 20.0. The van der Waals surface area contributed by atoms with Crippen LogP contribution in [0.3, 0.4) is 0 Å². The summed E-state index contributed by atoms with van der Waals surface area (Å²) in [4.78, 5) is 16.7. The summed E-state index contributed by atoms with van der Waals surface area (Å²) in [7, 11) is 0. The lowest BCUT2D eigenvalue weighted by Gasteiger charge is -2.35. The van der Waals surface area contributed by atoms with E-state index in [-0.39, 0.29) is 24.4 Å². The first-order chi connectivity index (χ1) is 10.1. The summed E-state index contributed by atoms with van der Waals surface area (Å²) in [5, 5.41) is 0. The molecule has 0 saturated carbocycles. The zero-order valence-corrected chi connectivity index (χ0v) is 14.4. The summed E-state index contributed by atoms with van der Waals surface area (Å²) in [5.74, 6) is 0.687. The minimum absolute atomic E-state index is 0. The van der Waals surface area contributed by atoms with Gasteiger partial charge in [-0.15, -0.1) is 12.4 Å². The van der Waals surface area contributed by atoms with Crippen LogP contribution in [0.2, 0.25) is 0 Å². The van der Waals surface area contributed by atoms with Crippen LogP contribution in [0.25, 0.3) is 0 Å². The summed E-state index contributed by atoms with van der Waals surface area (Å²) < 4.78 is 0. The van der Waals surface area contributed by atoms with Crippen molar-refractivity contribution in [2.45, 2.75) is 32.7 Å². The zero-order chi connectivity index (χ0) is 15.2. The van der Waals surface area contributed by atoms with Crippen molar-refractivity contribution in [1.29, 1.82) is 0 Å². The van der Waals surface area contributed by atoms with Crippen molar-refractivity contribution in [3.05, 3.63) is 30.3 Å². The van der Waals surface area contributed by atoms with Gasteiger partial charge in [-0.25, -0.2) is 0 Å². The Kier molecular flexibility index (Phi) is 7.87. The third-order valence-electron chi connectivity index (χ3n) is 4.33. The number of piperidine rings is 1. The van der Waals surface area contributed by atoms with Crippen LogP contribution >= 0.6 is 12.4 Å². The number of hydrogen-bond acceptors (Lipinski definition) is 3. The smallest absolute Gasteiger partial charge is 0.241 e. The number of hydrogen-bond donors (Lipinski definition) is 1. The van der Waals surface area contributed by atoms with E-state index in [1.807, 2.05) is 42.2 Å². The summed E-state index contributed by atoms with van der Waals surface area (Å²) in [6.07, 6.45) is 2.31. The van der Waals surface area contributed by atoms with Crippen molar-refractivity contribution < 1.29 is 4.79 Å². The van der Waals surface area contributed by atoms with E-state index in [1.54, 1.807) is 0 Å². The SMILES string of the molecule is CCN(C(=O)CN1CCCC(C(C)N)C1)c1ccccc1.Cl. The van der Waals surface area contributed by atoms with Crippen molar-refractivity contribution in [2.75, 3.05) is 31.1 Å². The molecule has 2 N–H and O–H groups in total. The molecule has 2 unspecified atom stereocenters. The maximum absolute atomic E-state index is 12.6. The third kappa shape index (κ3) is 4.97. The van der Waals surface area contributed by atoms with Crippen molar-refractivity contribution in [3.63, 3.8) is 0 Å². The molecule has 1 amide bonds.